The summed E-state index contributed by atoms with van der Waals surface area (Å²) in [6.07, 6.45) is 4.34. The van der Waals surface area contributed by atoms with Gasteiger partial charge in [-0.1, -0.05) is 24.6 Å². The van der Waals surface area contributed by atoms with Gasteiger partial charge in [0.2, 0.25) is 5.91 Å². The average Bonchev–Trinajstić information content (AvgIpc) is 2.83. The summed E-state index contributed by atoms with van der Waals surface area (Å²) in [6.45, 7) is 1.82. The first-order valence-electron chi connectivity index (χ1n) is 6.49. The van der Waals surface area contributed by atoms with Crippen LogP contribution in [0.4, 0.5) is 5.69 Å². The van der Waals surface area contributed by atoms with Crippen molar-refractivity contribution in [1.82, 2.24) is 5.32 Å². The molecule has 1 N–H and O–H groups in total. The molecule has 1 aromatic rings. The summed E-state index contributed by atoms with van der Waals surface area (Å²) in [5.41, 5.74) is 2.42. The number of piperidine rings is 1. The molecule has 2 heterocycles. The van der Waals surface area contributed by atoms with Gasteiger partial charge in [0.1, 0.15) is 0 Å². The zero-order valence-corrected chi connectivity index (χ0v) is 11.2. The van der Waals surface area contributed by atoms with Gasteiger partial charge in [0.25, 0.3) is 0 Å². The van der Waals surface area contributed by atoms with Crippen LogP contribution in [0.5, 0.6) is 0 Å². The van der Waals surface area contributed by atoms with Gasteiger partial charge in [-0.15, -0.1) is 12.4 Å². The predicted octanol–water partition coefficient (Wildman–Crippen LogP) is 2.14. The number of fused-ring (bicyclic) bond motifs is 1. The summed E-state index contributed by atoms with van der Waals surface area (Å²) in [4.78, 5) is 14.4. The summed E-state index contributed by atoms with van der Waals surface area (Å²) in [5, 5.41) is 3.34. The maximum atomic E-state index is 12.4. The molecule has 18 heavy (non-hydrogen) atoms. The van der Waals surface area contributed by atoms with Crippen LogP contribution in [-0.4, -0.2) is 25.0 Å². The Kier molecular flexibility index (Phi) is 4.25. The van der Waals surface area contributed by atoms with Crippen molar-refractivity contribution in [3.8, 4) is 0 Å². The quantitative estimate of drug-likeness (QED) is 0.845. The van der Waals surface area contributed by atoms with E-state index < -0.39 is 0 Å². The van der Waals surface area contributed by atoms with Gasteiger partial charge in [-0.3, -0.25) is 4.79 Å². The van der Waals surface area contributed by atoms with Crippen molar-refractivity contribution in [3.05, 3.63) is 29.8 Å². The summed E-state index contributed by atoms with van der Waals surface area (Å²) < 4.78 is 0. The molecule has 1 fully saturated rings. The van der Waals surface area contributed by atoms with Crippen LogP contribution < -0.4 is 10.2 Å². The van der Waals surface area contributed by atoms with Crippen molar-refractivity contribution < 1.29 is 4.79 Å². The number of amides is 1. The summed E-state index contributed by atoms with van der Waals surface area (Å²) in [5.74, 6) is 0.259. The Bertz CT molecular complexity index is 430. The number of anilines is 1. The van der Waals surface area contributed by atoms with Crippen LogP contribution in [0.2, 0.25) is 0 Å². The third kappa shape index (κ3) is 2.38. The zero-order chi connectivity index (χ0) is 11.7. The smallest absolute Gasteiger partial charge is 0.244 e. The number of nitrogens with one attached hydrogen (secondary N) is 1. The van der Waals surface area contributed by atoms with Crippen LogP contribution in [0, 0.1) is 0 Å². The van der Waals surface area contributed by atoms with Crippen LogP contribution in [0.25, 0.3) is 0 Å². The first-order chi connectivity index (χ1) is 8.36. The molecule has 3 rings (SSSR count). The first kappa shape index (κ1) is 13.4. The van der Waals surface area contributed by atoms with Gasteiger partial charge < -0.3 is 10.2 Å². The normalized spacial score (nSPS) is 22.2. The number of hydrogen-bond acceptors (Lipinski definition) is 2. The fourth-order valence-electron chi connectivity index (χ4n) is 2.82. The molecule has 3 nitrogen and oxygen atoms in total. The fourth-order valence-corrected chi connectivity index (χ4v) is 2.82. The number of nitrogens with zero attached hydrogens (tertiary/aromatic N) is 1. The third-order valence-electron chi connectivity index (χ3n) is 3.76. The van der Waals surface area contributed by atoms with Crippen LogP contribution >= 0.6 is 12.4 Å². The highest BCUT2D eigenvalue weighted by Crippen LogP contribution is 2.28. The van der Waals surface area contributed by atoms with E-state index in [1.54, 1.807) is 0 Å². The van der Waals surface area contributed by atoms with Crippen molar-refractivity contribution in [3.63, 3.8) is 0 Å². The molecule has 0 unspecified atom stereocenters. The molecular weight excluding hydrogens is 248 g/mol. The Morgan fingerprint density at radius 3 is 2.89 bits per heavy atom. The monoisotopic (exact) mass is 266 g/mol. The molecule has 0 aromatic heterocycles. The van der Waals surface area contributed by atoms with Gasteiger partial charge in [-0.05, 0) is 37.4 Å². The second-order valence-electron chi connectivity index (χ2n) is 4.87. The Labute approximate surface area is 114 Å². The summed E-state index contributed by atoms with van der Waals surface area (Å²) in [6, 6.07) is 8.28. The van der Waals surface area contributed by atoms with E-state index in [-0.39, 0.29) is 24.4 Å². The molecule has 0 spiro atoms. The maximum Gasteiger partial charge on any atom is 0.244 e. The van der Waals surface area contributed by atoms with Crippen LogP contribution in [0.3, 0.4) is 0 Å². The Hall–Kier alpha value is -1.06. The molecular formula is C14H19ClN2O. The number of carbonyl (C=O) groups excluding carboxylic acids is 1. The molecule has 1 saturated heterocycles. The fraction of sp³-hybridized carbons (Fsp3) is 0.500. The molecule has 0 aliphatic carbocycles. The molecule has 2 aliphatic rings. The van der Waals surface area contributed by atoms with Crippen LogP contribution in [-0.2, 0) is 11.2 Å². The minimum absolute atomic E-state index is 0. The van der Waals surface area contributed by atoms with Gasteiger partial charge in [-0.2, -0.15) is 0 Å². The number of hydrogen-bond donors (Lipinski definition) is 1. The largest absolute Gasteiger partial charge is 0.310 e. The van der Waals surface area contributed by atoms with Crippen molar-refractivity contribution in [1.29, 1.82) is 0 Å². The maximum absolute atomic E-state index is 12.4. The lowest BCUT2D eigenvalue weighted by Gasteiger charge is -2.27. The zero-order valence-electron chi connectivity index (χ0n) is 10.4. The van der Waals surface area contributed by atoms with E-state index in [2.05, 4.69) is 17.4 Å². The third-order valence-corrected chi connectivity index (χ3v) is 3.76. The topological polar surface area (TPSA) is 32.3 Å². The molecule has 0 saturated carbocycles. The minimum Gasteiger partial charge on any atom is -0.310 e. The highest BCUT2D eigenvalue weighted by atomic mass is 35.5. The van der Waals surface area contributed by atoms with E-state index in [4.69, 9.17) is 0 Å². The standard InChI is InChI=1S/C14H18N2O.ClH/c17-14(12-6-3-4-9-15-12)16-10-8-11-5-1-2-7-13(11)16;/h1-2,5,7,12,15H,3-4,6,8-10H2;1H/t12-;/m1./s1. The Morgan fingerprint density at radius 2 is 2.11 bits per heavy atom. The van der Waals surface area contributed by atoms with Crippen molar-refractivity contribution >= 4 is 24.0 Å². The van der Waals surface area contributed by atoms with Crippen molar-refractivity contribution in [2.75, 3.05) is 18.0 Å². The van der Waals surface area contributed by atoms with E-state index in [0.29, 0.717) is 0 Å². The second kappa shape index (κ2) is 5.72. The molecule has 2 aliphatic heterocycles. The number of para-hydroxylation sites is 1. The van der Waals surface area contributed by atoms with Gasteiger partial charge in [-0.25, -0.2) is 0 Å². The lowest BCUT2D eigenvalue weighted by atomic mass is 10.0. The molecule has 0 radical (unpaired) electrons. The van der Waals surface area contributed by atoms with E-state index in [0.717, 1.165) is 31.6 Å². The van der Waals surface area contributed by atoms with E-state index in [1.807, 2.05) is 17.0 Å². The van der Waals surface area contributed by atoms with E-state index in [1.165, 1.54) is 18.4 Å². The number of carbonyl (C=O) groups is 1. The molecule has 1 atom stereocenters. The molecule has 4 heteroatoms. The lowest BCUT2D eigenvalue weighted by Crippen LogP contribution is -2.48. The summed E-state index contributed by atoms with van der Waals surface area (Å²) >= 11 is 0. The van der Waals surface area contributed by atoms with Crippen LogP contribution in [0.15, 0.2) is 24.3 Å². The lowest BCUT2D eigenvalue weighted by molar-refractivity contribution is -0.121. The molecule has 1 aromatic carbocycles. The average molecular weight is 267 g/mol. The van der Waals surface area contributed by atoms with Crippen molar-refractivity contribution in [2.45, 2.75) is 31.7 Å². The van der Waals surface area contributed by atoms with E-state index >= 15 is 0 Å². The SMILES string of the molecule is Cl.O=C([C@H]1CCCCN1)N1CCc2ccccc21. The van der Waals surface area contributed by atoms with Gasteiger partial charge in [0, 0.05) is 12.2 Å². The van der Waals surface area contributed by atoms with Gasteiger partial charge in [0.15, 0.2) is 0 Å². The Balaban J connectivity index is 0.00000120. The summed E-state index contributed by atoms with van der Waals surface area (Å²) in [7, 11) is 0. The highest BCUT2D eigenvalue weighted by Gasteiger charge is 2.30. The number of rotatable bonds is 1. The predicted molar refractivity (Wildman–Crippen MR) is 75.4 cm³/mol. The van der Waals surface area contributed by atoms with Crippen LogP contribution in [0.1, 0.15) is 24.8 Å². The highest BCUT2D eigenvalue weighted by molar-refractivity contribution is 5.99. The first-order valence-corrected chi connectivity index (χ1v) is 6.49. The molecule has 0 bridgehead atoms. The van der Waals surface area contributed by atoms with E-state index in [9.17, 15) is 4.79 Å². The molecule has 98 valence electrons. The van der Waals surface area contributed by atoms with Gasteiger partial charge in [0.05, 0.1) is 6.04 Å². The van der Waals surface area contributed by atoms with Crippen molar-refractivity contribution in [2.24, 2.45) is 0 Å². The number of benzene rings is 1. The molecule has 1 amide bonds. The second-order valence-corrected chi connectivity index (χ2v) is 4.87. The minimum atomic E-state index is 0. The Morgan fingerprint density at radius 1 is 1.28 bits per heavy atom. The number of halogens is 1. The van der Waals surface area contributed by atoms with Gasteiger partial charge >= 0.3 is 0 Å².